The summed E-state index contributed by atoms with van der Waals surface area (Å²) in [4.78, 5) is 0. The minimum Gasteiger partial charge on any atom is -0.569 e. The molecule has 0 unspecified atom stereocenters. The molecule has 6 rings (SSSR count). The van der Waals surface area contributed by atoms with Crippen LogP contribution in [0.15, 0.2) is 0 Å². The van der Waals surface area contributed by atoms with Crippen LogP contribution in [0.4, 0.5) is 0 Å². The Kier molecular flexibility index (Phi) is 118. The molecule has 0 spiro atoms. The summed E-state index contributed by atoms with van der Waals surface area (Å²) in [6, 6.07) is 0. The van der Waals surface area contributed by atoms with Gasteiger partial charge in [-0.05, 0) is 154 Å². The van der Waals surface area contributed by atoms with E-state index in [1.807, 2.05) is 42.7 Å². The number of hydrogen-bond donors (Lipinski definition) is 10. The van der Waals surface area contributed by atoms with E-state index in [1.54, 1.807) is 0 Å². The summed E-state index contributed by atoms with van der Waals surface area (Å²) in [5.41, 5.74) is 6.19. The largest absolute Gasteiger partial charge is 3.00 e. The number of rotatable bonds is 12. The molecule has 0 heterocycles. The minimum absolute atomic E-state index is 0. The Hall–Kier alpha value is 3.75. The van der Waals surface area contributed by atoms with Crippen molar-refractivity contribution in [3.05, 3.63) is 71.1 Å². The summed E-state index contributed by atoms with van der Waals surface area (Å²) in [6.07, 6.45) is 36.0. The molecule has 0 amide bonds. The maximum absolute atomic E-state index is 6.75. The maximum atomic E-state index is 6.75. The molecule has 0 aromatic rings. The fraction of sp³-hybridized carbons (Fsp3) is 0.808. The summed E-state index contributed by atoms with van der Waals surface area (Å²) in [5, 5.41) is 67.5. The average molecular weight is 1620 g/mol. The van der Waals surface area contributed by atoms with E-state index in [0.717, 1.165) is 34.0 Å². The van der Waals surface area contributed by atoms with Crippen molar-refractivity contribution in [2.24, 2.45) is 0 Å². The van der Waals surface area contributed by atoms with Crippen molar-refractivity contribution in [3.8, 4) is 0 Å². The second-order valence-corrected chi connectivity index (χ2v) is 24.2. The van der Waals surface area contributed by atoms with Crippen molar-refractivity contribution < 1.29 is 157 Å². The topological polar surface area (TPSA) is 258 Å². The van der Waals surface area contributed by atoms with Crippen LogP contribution in [0.2, 0.25) is 0 Å². The van der Waals surface area contributed by atoms with Gasteiger partial charge in [0.05, 0.1) is 70.6 Å². The Morgan fingerprint density at radius 3 is 0.368 bits per heavy atom. The van der Waals surface area contributed by atoms with Gasteiger partial charge in [0.15, 0.2) is 0 Å². The first kappa shape index (κ1) is 108. The zero-order chi connectivity index (χ0) is 55.3. The molecule has 10 N–H and O–H groups in total. The molecule has 0 bridgehead atoms. The zero-order valence-electron chi connectivity index (χ0n) is 47.1. The van der Waals surface area contributed by atoms with E-state index >= 15 is 0 Å². The molecule has 24 heteroatoms. The number of ether oxygens (including phenoxy) is 6. The molecule has 0 saturated heterocycles. The molecule has 0 atom stereocenters. The van der Waals surface area contributed by atoms with E-state index in [9.17, 15) is 0 Å². The minimum atomic E-state index is -0.307. The second-order valence-electron chi connectivity index (χ2n) is 17.3. The molecule has 6 fully saturated rings. The van der Waals surface area contributed by atoms with Gasteiger partial charge in [0, 0.05) is 92.6 Å². The monoisotopic (exact) mass is 1620 g/mol. The summed E-state index contributed by atoms with van der Waals surface area (Å²) in [6.45, 7) is 0. The van der Waals surface area contributed by atoms with Crippen LogP contribution in [-0.2, 0) is 106 Å². The molecule has 16 nitrogen and oxygen atoms in total. The summed E-state index contributed by atoms with van der Waals surface area (Å²) >= 11 is 0. The first-order valence-electron chi connectivity index (χ1n) is 24.6. The Bertz CT molecular complexity index is 757. The van der Waals surface area contributed by atoms with Crippen LogP contribution in [0, 0.1) is 71.1 Å². The molecule has 6 aliphatic carbocycles. The van der Waals surface area contributed by atoms with Crippen LogP contribution < -0.4 is 0 Å². The normalized spacial score (nSPS) is 28.0. The van der Waals surface area contributed by atoms with Gasteiger partial charge in [0.1, 0.15) is 0 Å². The smallest absolute Gasteiger partial charge is 0.569 e. The Labute approximate surface area is 541 Å². The van der Waals surface area contributed by atoms with Crippen LogP contribution >= 0.6 is 15.8 Å². The Morgan fingerprint density at radius 1 is 0.224 bits per heavy atom. The third kappa shape index (κ3) is 46.0. The maximum Gasteiger partial charge on any atom is 3.00 e. The van der Waals surface area contributed by atoms with E-state index in [1.165, 1.54) is 154 Å². The van der Waals surface area contributed by atoms with Crippen LogP contribution in [0.1, 0.15) is 154 Å². The third-order valence-electron chi connectivity index (χ3n) is 14.9. The Morgan fingerprint density at radius 2 is 0.303 bits per heavy atom. The quantitative estimate of drug-likeness (QED) is 0.0495. The standard InChI is InChI=1S/2C21H39O3P.10CH3O.4Ru.2Se/c2*1-22-16-4-10-19(11-5-16)25(20-12-6-17(23-2)7-13-20)21-14-8-18(24-3)9-15-21;10*1-2;;;;;;/h2*16-21H,4-15H2,1-3H3;10*2H,1H2;;;;;;/q;;10*-1;2*+2;2*+3;;/p+2. The first-order chi connectivity index (χ1) is 34.5. The molecule has 0 aromatic carbocycles. The van der Waals surface area contributed by atoms with E-state index in [4.69, 9.17) is 79.5 Å². The van der Waals surface area contributed by atoms with Gasteiger partial charge in [-0.1, -0.05) is 0 Å². The summed E-state index contributed by atoms with van der Waals surface area (Å²) < 4.78 is 33.9. The first-order valence-corrected chi connectivity index (χ1v) is 28.0. The molecular weight excluding hydrogens is 1500 g/mol. The van der Waals surface area contributed by atoms with Crippen molar-refractivity contribution >= 4 is 50.0 Å². The van der Waals surface area contributed by atoms with Gasteiger partial charge in [-0.2, -0.15) is 0 Å². The van der Waals surface area contributed by atoms with Gasteiger partial charge >= 0.3 is 77.9 Å². The second kappa shape index (κ2) is 83.0. The van der Waals surface area contributed by atoms with Crippen LogP contribution in [-0.4, -0.2) is 198 Å². The van der Waals surface area contributed by atoms with Gasteiger partial charge in [-0.25, -0.2) is 71.1 Å². The predicted octanol–water partition coefficient (Wildman–Crippen LogP) is 10.9. The van der Waals surface area contributed by atoms with Gasteiger partial charge in [-0.3, -0.25) is 0 Å². The molecule has 6 radical (unpaired) electrons. The molecule has 0 aromatic heterocycles. The number of hydrogen-bond acceptors (Lipinski definition) is 16. The van der Waals surface area contributed by atoms with E-state index in [2.05, 4.69) is 71.1 Å². The molecule has 6 saturated carbocycles. The van der Waals surface area contributed by atoms with Crippen molar-refractivity contribution in [3.63, 3.8) is 0 Å². The van der Waals surface area contributed by atoms with Crippen LogP contribution in [0.5, 0.6) is 0 Å². The van der Waals surface area contributed by atoms with Crippen molar-refractivity contribution in [1.29, 1.82) is 0 Å². The SMILES string of the molecule is COC1CCC([PH+](C2CCC(OC)CC2)C2CCC(OC)CC2)CC1.COC1CCC([PH+](C2CCC(OC)CC2)C2CCC(OC)CC2)CC1.[CH2-]O.[CH2-]O.[CH2-]O.[CH2-]O.[CH2-]O.[CH2-]O.[CH2-]O.[CH2-]O.[CH2-]O.[CH2-]O.[Ru+2].[Ru+2].[Ru+3].[Ru+3].[Se].[Se]. The predicted molar refractivity (Wildman–Crippen MR) is 299 cm³/mol. The van der Waals surface area contributed by atoms with Gasteiger partial charge in [0.2, 0.25) is 0 Å². The number of methoxy groups -OCH3 is 6. The average Bonchev–Trinajstić information content (AvgIpc) is 3.49. The van der Waals surface area contributed by atoms with Crippen LogP contribution in [0.3, 0.4) is 0 Å². The van der Waals surface area contributed by atoms with E-state index < -0.39 is 0 Å². The zero-order valence-corrected chi connectivity index (χ0v) is 59.5. The molecule has 6 aliphatic rings. The van der Waals surface area contributed by atoms with E-state index in [0.29, 0.717) is 36.6 Å². The molecular formula is C52H110O16P2Ru4Se2+2. The molecule has 0 aliphatic heterocycles. The van der Waals surface area contributed by atoms with Crippen molar-refractivity contribution in [1.82, 2.24) is 0 Å². The van der Waals surface area contributed by atoms with Crippen LogP contribution in [0.25, 0.3) is 0 Å². The fourth-order valence-corrected chi connectivity index (χ4v) is 21.8. The Balaban J connectivity index is -0.0000000764. The van der Waals surface area contributed by atoms with Crippen molar-refractivity contribution in [2.45, 2.75) is 225 Å². The summed E-state index contributed by atoms with van der Waals surface area (Å²) in [7, 11) is 33.3. The van der Waals surface area contributed by atoms with Gasteiger partial charge in [0.25, 0.3) is 0 Å². The molecule has 76 heavy (non-hydrogen) atoms. The van der Waals surface area contributed by atoms with Gasteiger partial charge in [-0.15, -0.1) is 0 Å². The van der Waals surface area contributed by atoms with Gasteiger partial charge < -0.3 is 79.5 Å². The fourth-order valence-electron chi connectivity index (χ4n) is 11.8. The number of aliphatic hydroxyl groups excluding tert-OH is 10. The number of aliphatic hydroxyl groups is 10. The third-order valence-corrected chi connectivity index (χ3v) is 24.0. The molecule has 466 valence electrons. The van der Waals surface area contributed by atoms with E-state index in [-0.39, 0.29) is 128 Å². The van der Waals surface area contributed by atoms with Crippen molar-refractivity contribution in [2.75, 3.05) is 42.7 Å². The summed E-state index contributed by atoms with van der Waals surface area (Å²) in [5.74, 6) is 0.